The molecule has 0 aromatic heterocycles. The predicted molar refractivity (Wildman–Crippen MR) is 83.1 cm³/mol. The van der Waals surface area contributed by atoms with Crippen molar-refractivity contribution in [1.82, 2.24) is 5.32 Å². The minimum absolute atomic E-state index is 0.128. The highest BCUT2D eigenvalue weighted by Crippen LogP contribution is 2.29. The highest BCUT2D eigenvalue weighted by molar-refractivity contribution is 5.55. The normalized spacial score (nSPS) is 29.1. The molecular formula is C17H26N2O. The summed E-state index contributed by atoms with van der Waals surface area (Å²) in [5, 5.41) is 3.66. The van der Waals surface area contributed by atoms with E-state index in [0.29, 0.717) is 12.2 Å². The molecular weight excluding hydrogens is 248 g/mol. The van der Waals surface area contributed by atoms with Gasteiger partial charge in [-0.3, -0.25) is 0 Å². The second kappa shape index (κ2) is 5.38. The average Bonchev–Trinajstić information content (AvgIpc) is 2.75. The van der Waals surface area contributed by atoms with Gasteiger partial charge in [-0.05, 0) is 45.2 Å². The Labute approximate surface area is 122 Å². The maximum absolute atomic E-state index is 6.03. The molecule has 0 radical (unpaired) electrons. The topological polar surface area (TPSA) is 24.5 Å². The fraction of sp³-hybridized carbons (Fsp3) is 0.647. The molecule has 1 N–H and O–H groups in total. The first-order valence-corrected chi connectivity index (χ1v) is 7.77. The van der Waals surface area contributed by atoms with Gasteiger partial charge in [0.2, 0.25) is 0 Å². The predicted octanol–water partition coefficient (Wildman–Crippen LogP) is 2.94. The molecule has 2 aliphatic heterocycles. The summed E-state index contributed by atoms with van der Waals surface area (Å²) < 4.78 is 6.03. The lowest BCUT2D eigenvalue weighted by atomic mass is 10.0. The monoisotopic (exact) mass is 274 g/mol. The Morgan fingerprint density at radius 2 is 2.10 bits per heavy atom. The molecule has 1 aromatic rings. The summed E-state index contributed by atoms with van der Waals surface area (Å²) in [5.74, 6) is 0. The molecule has 0 saturated carbocycles. The van der Waals surface area contributed by atoms with Crippen LogP contribution in [-0.4, -0.2) is 30.8 Å². The van der Waals surface area contributed by atoms with Gasteiger partial charge in [-0.25, -0.2) is 0 Å². The smallest absolute Gasteiger partial charge is 0.0754 e. The average molecular weight is 274 g/mol. The van der Waals surface area contributed by atoms with Crippen molar-refractivity contribution >= 4 is 5.69 Å². The minimum Gasteiger partial charge on any atom is -0.373 e. The van der Waals surface area contributed by atoms with Gasteiger partial charge in [-0.15, -0.1) is 0 Å². The van der Waals surface area contributed by atoms with E-state index in [1.165, 1.54) is 24.1 Å². The van der Waals surface area contributed by atoms with Gasteiger partial charge in [0.1, 0.15) is 0 Å². The molecule has 3 nitrogen and oxygen atoms in total. The SMILES string of the molecule is CC1CCC(CN2CC(C)(C)NCc3ccccc32)O1. The fourth-order valence-electron chi connectivity index (χ4n) is 3.35. The van der Waals surface area contributed by atoms with Gasteiger partial charge in [-0.2, -0.15) is 0 Å². The van der Waals surface area contributed by atoms with Gasteiger partial charge in [-0.1, -0.05) is 18.2 Å². The number of para-hydroxylation sites is 1. The van der Waals surface area contributed by atoms with Crippen molar-refractivity contribution in [3.63, 3.8) is 0 Å². The van der Waals surface area contributed by atoms with Crippen molar-refractivity contribution in [2.24, 2.45) is 0 Å². The summed E-state index contributed by atoms with van der Waals surface area (Å²) in [6.45, 7) is 9.72. The number of nitrogens with zero attached hydrogens (tertiary/aromatic N) is 1. The Kier molecular flexibility index (Phi) is 3.74. The first kappa shape index (κ1) is 13.9. The van der Waals surface area contributed by atoms with E-state index < -0.39 is 0 Å². The zero-order valence-corrected chi connectivity index (χ0v) is 12.9. The van der Waals surface area contributed by atoms with Gasteiger partial charge in [0, 0.05) is 30.9 Å². The second-order valence-corrected chi connectivity index (χ2v) is 6.89. The van der Waals surface area contributed by atoms with E-state index in [2.05, 4.69) is 55.3 Å². The molecule has 0 amide bonds. The second-order valence-electron chi connectivity index (χ2n) is 6.89. The third-order valence-corrected chi connectivity index (χ3v) is 4.42. The number of benzene rings is 1. The summed E-state index contributed by atoms with van der Waals surface area (Å²) in [6, 6.07) is 8.75. The number of nitrogens with one attached hydrogen (secondary N) is 1. The highest BCUT2D eigenvalue weighted by atomic mass is 16.5. The van der Waals surface area contributed by atoms with E-state index in [1.54, 1.807) is 0 Å². The van der Waals surface area contributed by atoms with Crippen LogP contribution in [0.15, 0.2) is 24.3 Å². The Hall–Kier alpha value is -1.06. The molecule has 3 rings (SSSR count). The molecule has 1 aromatic carbocycles. The Balaban J connectivity index is 1.82. The molecule has 110 valence electrons. The lowest BCUT2D eigenvalue weighted by Crippen LogP contribution is -2.48. The van der Waals surface area contributed by atoms with E-state index in [9.17, 15) is 0 Å². The zero-order valence-electron chi connectivity index (χ0n) is 12.9. The first-order valence-electron chi connectivity index (χ1n) is 7.77. The number of hydrogen-bond donors (Lipinski definition) is 1. The van der Waals surface area contributed by atoms with Crippen molar-refractivity contribution in [2.75, 3.05) is 18.0 Å². The molecule has 2 aliphatic rings. The molecule has 0 aliphatic carbocycles. The summed E-state index contributed by atoms with van der Waals surface area (Å²) in [6.07, 6.45) is 3.19. The molecule has 0 bridgehead atoms. The lowest BCUT2D eigenvalue weighted by molar-refractivity contribution is 0.0595. The Morgan fingerprint density at radius 3 is 2.85 bits per heavy atom. The van der Waals surface area contributed by atoms with Crippen molar-refractivity contribution in [3.05, 3.63) is 29.8 Å². The van der Waals surface area contributed by atoms with Crippen LogP contribution in [0.5, 0.6) is 0 Å². The van der Waals surface area contributed by atoms with Crippen LogP contribution < -0.4 is 10.2 Å². The van der Waals surface area contributed by atoms with Crippen molar-refractivity contribution < 1.29 is 4.74 Å². The van der Waals surface area contributed by atoms with Crippen LogP contribution in [-0.2, 0) is 11.3 Å². The van der Waals surface area contributed by atoms with Crippen molar-refractivity contribution in [3.8, 4) is 0 Å². The maximum Gasteiger partial charge on any atom is 0.0754 e. The van der Waals surface area contributed by atoms with Crippen LogP contribution in [0.3, 0.4) is 0 Å². The number of fused-ring (bicyclic) bond motifs is 1. The van der Waals surface area contributed by atoms with E-state index >= 15 is 0 Å². The van der Waals surface area contributed by atoms with Gasteiger partial charge in [0.05, 0.1) is 12.2 Å². The van der Waals surface area contributed by atoms with Crippen LogP contribution in [0.1, 0.15) is 39.2 Å². The molecule has 1 fully saturated rings. The minimum atomic E-state index is 0.128. The Morgan fingerprint density at radius 1 is 1.30 bits per heavy atom. The van der Waals surface area contributed by atoms with Crippen molar-refractivity contribution in [1.29, 1.82) is 0 Å². The lowest BCUT2D eigenvalue weighted by Gasteiger charge is -2.33. The molecule has 20 heavy (non-hydrogen) atoms. The standard InChI is InChI=1S/C17H26N2O/c1-13-8-9-15(20-13)11-19-12-17(2,3)18-10-14-6-4-5-7-16(14)19/h4-7,13,15,18H,8-12H2,1-3H3. The summed E-state index contributed by atoms with van der Waals surface area (Å²) in [5.41, 5.74) is 2.89. The number of anilines is 1. The molecule has 2 unspecified atom stereocenters. The summed E-state index contributed by atoms with van der Waals surface area (Å²) >= 11 is 0. The van der Waals surface area contributed by atoms with Crippen LogP contribution in [0.4, 0.5) is 5.69 Å². The van der Waals surface area contributed by atoms with E-state index in [-0.39, 0.29) is 5.54 Å². The molecule has 0 spiro atoms. The molecule has 2 atom stereocenters. The maximum atomic E-state index is 6.03. The first-order chi connectivity index (χ1) is 9.53. The van der Waals surface area contributed by atoms with Gasteiger partial charge in [0.15, 0.2) is 0 Å². The summed E-state index contributed by atoms with van der Waals surface area (Å²) in [4.78, 5) is 2.51. The Bertz CT molecular complexity index is 472. The van der Waals surface area contributed by atoms with Crippen LogP contribution in [0, 0.1) is 0 Å². The third-order valence-electron chi connectivity index (χ3n) is 4.42. The van der Waals surface area contributed by atoms with E-state index in [4.69, 9.17) is 4.74 Å². The molecule has 1 saturated heterocycles. The van der Waals surface area contributed by atoms with E-state index in [0.717, 1.165) is 19.6 Å². The van der Waals surface area contributed by atoms with Gasteiger partial charge >= 0.3 is 0 Å². The number of rotatable bonds is 2. The zero-order chi connectivity index (χ0) is 14.2. The number of hydrogen-bond acceptors (Lipinski definition) is 3. The largest absolute Gasteiger partial charge is 0.373 e. The summed E-state index contributed by atoms with van der Waals surface area (Å²) in [7, 11) is 0. The third kappa shape index (κ3) is 2.99. The van der Waals surface area contributed by atoms with Crippen molar-refractivity contribution in [2.45, 2.75) is 57.9 Å². The molecule has 2 heterocycles. The molecule has 3 heteroatoms. The quantitative estimate of drug-likeness (QED) is 0.897. The van der Waals surface area contributed by atoms with Crippen LogP contribution >= 0.6 is 0 Å². The van der Waals surface area contributed by atoms with Crippen LogP contribution in [0.2, 0.25) is 0 Å². The van der Waals surface area contributed by atoms with E-state index in [1.807, 2.05) is 0 Å². The fourth-order valence-corrected chi connectivity index (χ4v) is 3.35. The van der Waals surface area contributed by atoms with Gasteiger partial charge < -0.3 is 15.0 Å². The number of ether oxygens (including phenoxy) is 1. The van der Waals surface area contributed by atoms with Gasteiger partial charge in [0.25, 0.3) is 0 Å². The van der Waals surface area contributed by atoms with Crippen LogP contribution in [0.25, 0.3) is 0 Å². The highest BCUT2D eigenvalue weighted by Gasteiger charge is 2.30.